The van der Waals surface area contributed by atoms with Crippen LogP contribution in [0.3, 0.4) is 0 Å². The van der Waals surface area contributed by atoms with Crippen molar-refractivity contribution < 1.29 is 14.4 Å². The van der Waals surface area contributed by atoms with Gasteiger partial charge in [0.25, 0.3) is 5.91 Å². The SMILES string of the molecule is C[C@H](C(=O)Nc1ccc(N2CCCCC2)cc1)N1C(=O)NC2(CCCCCC2)C1=O. The molecule has 2 aliphatic heterocycles. The van der Waals surface area contributed by atoms with Gasteiger partial charge in [-0.3, -0.25) is 9.59 Å². The number of carbonyl (C=O) groups excluding carboxylic acids is 3. The summed E-state index contributed by atoms with van der Waals surface area (Å²) in [6, 6.07) is 6.48. The monoisotopic (exact) mass is 412 g/mol. The summed E-state index contributed by atoms with van der Waals surface area (Å²) in [5.74, 6) is -0.604. The van der Waals surface area contributed by atoms with E-state index in [1.807, 2.05) is 24.3 Å². The smallest absolute Gasteiger partial charge is 0.325 e. The lowest BCUT2D eigenvalue weighted by Gasteiger charge is -2.29. The molecule has 2 heterocycles. The lowest BCUT2D eigenvalue weighted by molar-refractivity contribution is -0.136. The number of urea groups is 1. The van der Waals surface area contributed by atoms with Crippen LogP contribution in [0.1, 0.15) is 64.7 Å². The van der Waals surface area contributed by atoms with Gasteiger partial charge in [0, 0.05) is 24.5 Å². The Morgan fingerprint density at radius 3 is 2.20 bits per heavy atom. The predicted octanol–water partition coefficient (Wildman–Crippen LogP) is 3.65. The third kappa shape index (κ3) is 4.02. The second kappa shape index (κ2) is 8.66. The number of nitrogens with one attached hydrogen (secondary N) is 2. The van der Waals surface area contributed by atoms with Crippen molar-refractivity contribution in [1.29, 1.82) is 0 Å². The quantitative estimate of drug-likeness (QED) is 0.740. The first-order valence-electron chi connectivity index (χ1n) is 11.3. The molecule has 1 saturated carbocycles. The fraction of sp³-hybridized carbons (Fsp3) is 0.609. The normalized spacial score (nSPS) is 22.6. The highest BCUT2D eigenvalue weighted by Crippen LogP contribution is 2.33. The van der Waals surface area contributed by atoms with Gasteiger partial charge < -0.3 is 15.5 Å². The summed E-state index contributed by atoms with van der Waals surface area (Å²) in [6.07, 6.45) is 9.01. The first-order chi connectivity index (χ1) is 14.5. The average Bonchev–Trinajstić information content (AvgIpc) is 2.90. The standard InChI is InChI=1S/C23H32N4O3/c1-17(27-21(29)23(25-22(27)30)13-5-2-3-6-14-23)20(28)24-18-9-11-19(12-10-18)26-15-7-4-8-16-26/h9-12,17H,2-8,13-16H2,1H3,(H,24,28)(H,25,30)/t17-/m1/s1. The Morgan fingerprint density at radius 1 is 0.967 bits per heavy atom. The van der Waals surface area contributed by atoms with Gasteiger partial charge in [0.2, 0.25) is 5.91 Å². The number of rotatable bonds is 4. The molecule has 1 aromatic carbocycles. The summed E-state index contributed by atoms with van der Waals surface area (Å²) in [6.45, 7) is 3.75. The minimum absolute atomic E-state index is 0.252. The van der Waals surface area contributed by atoms with Crippen LogP contribution in [-0.2, 0) is 9.59 Å². The van der Waals surface area contributed by atoms with Crippen LogP contribution < -0.4 is 15.5 Å². The Kier molecular flexibility index (Phi) is 5.97. The van der Waals surface area contributed by atoms with Crippen molar-refractivity contribution in [2.24, 2.45) is 0 Å². The summed E-state index contributed by atoms with van der Waals surface area (Å²) in [4.78, 5) is 42.0. The lowest BCUT2D eigenvalue weighted by Crippen LogP contribution is -2.49. The van der Waals surface area contributed by atoms with E-state index in [-0.39, 0.29) is 11.8 Å². The van der Waals surface area contributed by atoms with Gasteiger partial charge in [-0.1, -0.05) is 25.7 Å². The molecule has 1 spiro atoms. The first kappa shape index (κ1) is 20.7. The van der Waals surface area contributed by atoms with Crippen LogP contribution in [0.5, 0.6) is 0 Å². The number of amides is 4. The molecular weight excluding hydrogens is 380 g/mol. The van der Waals surface area contributed by atoms with Gasteiger partial charge in [0.05, 0.1) is 0 Å². The van der Waals surface area contributed by atoms with Gasteiger partial charge in [-0.2, -0.15) is 0 Å². The zero-order valence-corrected chi connectivity index (χ0v) is 17.8. The van der Waals surface area contributed by atoms with Gasteiger partial charge >= 0.3 is 6.03 Å². The number of hydrogen-bond donors (Lipinski definition) is 2. The zero-order valence-electron chi connectivity index (χ0n) is 17.8. The van der Waals surface area contributed by atoms with Crippen molar-refractivity contribution in [3.8, 4) is 0 Å². The number of hydrogen-bond acceptors (Lipinski definition) is 4. The maximum absolute atomic E-state index is 13.1. The fourth-order valence-electron chi connectivity index (χ4n) is 4.94. The van der Waals surface area contributed by atoms with Crippen molar-refractivity contribution >= 4 is 29.2 Å². The van der Waals surface area contributed by atoms with Gasteiger partial charge in [-0.05, 0) is 63.3 Å². The van der Waals surface area contributed by atoms with Crippen molar-refractivity contribution in [2.75, 3.05) is 23.3 Å². The average molecular weight is 413 g/mol. The van der Waals surface area contributed by atoms with Crippen LogP contribution >= 0.6 is 0 Å². The van der Waals surface area contributed by atoms with Crippen LogP contribution in [0.4, 0.5) is 16.2 Å². The summed E-state index contributed by atoms with van der Waals surface area (Å²) in [5.41, 5.74) is 1.01. The molecule has 1 aromatic rings. The largest absolute Gasteiger partial charge is 0.372 e. The van der Waals surface area contributed by atoms with Gasteiger partial charge in [0.15, 0.2) is 0 Å². The van der Waals surface area contributed by atoms with Gasteiger partial charge in [-0.15, -0.1) is 0 Å². The molecule has 162 valence electrons. The molecule has 7 nitrogen and oxygen atoms in total. The predicted molar refractivity (Wildman–Crippen MR) is 116 cm³/mol. The van der Waals surface area contributed by atoms with Crippen molar-refractivity contribution in [2.45, 2.75) is 76.3 Å². The molecule has 30 heavy (non-hydrogen) atoms. The molecule has 3 fully saturated rings. The molecule has 0 radical (unpaired) electrons. The van der Waals surface area contributed by atoms with Crippen molar-refractivity contribution in [3.63, 3.8) is 0 Å². The number of benzene rings is 1. The molecule has 0 bridgehead atoms. The van der Waals surface area contributed by atoms with Crippen LogP contribution in [0.2, 0.25) is 0 Å². The van der Waals surface area contributed by atoms with Crippen LogP contribution in [0, 0.1) is 0 Å². The molecule has 1 aliphatic carbocycles. The van der Waals surface area contributed by atoms with Crippen LogP contribution in [0.15, 0.2) is 24.3 Å². The number of anilines is 2. The summed E-state index contributed by atoms with van der Waals surface area (Å²) in [5, 5.41) is 5.77. The van der Waals surface area contributed by atoms with Gasteiger partial charge in [0.1, 0.15) is 11.6 Å². The first-order valence-corrected chi connectivity index (χ1v) is 11.3. The number of piperidine rings is 1. The molecule has 4 amide bonds. The summed E-state index contributed by atoms with van der Waals surface area (Å²) >= 11 is 0. The molecule has 3 aliphatic rings. The van der Waals surface area contributed by atoms with E-state index in [1.54, 1.807) is 6.92 Å². The van der Waals surface area contributed by atoms with Crippen LogP contribution in [-0.4, -0.2) is 47.4 Å². The zero-order chi connectivity index (χ0) is 21.1. The Hall–Kier alpha value is -2.57. The minimum Gasteiger partial charge on any atom is -0.372 e. The van der Waals surface area contributed by atoms with E-state index in [4.69, 9.17) is 0 Å². The van der Waals surface area contributed by atoms with E-state index in [0.717, 1.165) is 49.4 Å². The van der Waals surface area contributed by atoms with E-state index in [9.17, 15) is 14.4 Å². The minimum atomic E-state index is -0.859. The molecular formula is C23H32N4O3. The molecule has 4 rings (SSSR count). The van der Waals surface area contributed by atoms with E-state index >= 15 is 0 Å². The topological polar surface area (TPSA) is 81.8 Å². The molecule has 2 saturated heterocycles. The Labute approximate surface area is 178 Å². The number of nitrogens with zero attached hydrogens (tertiary/aromatic N) is 2. The highest BCUT2D eigenvalue weighted by atomic mass is 16.2. The maximum atomic E-state index is 13.1. The highest BCUT2D eigenvalue weighted by Gasteiger charge is 2.53. The van der Waals surface area contributed by atoms with Crippen molar-refractivity contribution in [3.05, 3.63) is 24.3 Å². The summed E-state index contributed by atoms with van der Waals surface area (Å²) < 4.78 is 0. The Balaban J connectivity index is 1.40. The van der Waals surface area contributed by atoms with E-state index in [1.165, 1.54) is 19.3 Å². The third-order valence-electron chi connectivity index (χ3n) is 6.77. The highest BCUT2D eigenvalue weighted by molar-refractivity contribution is 6.11. The Bertz CT molecular complexity index is 793. The van der Waals surface area contributed by atoms with E-state index in [2.05, 4.69) is 15.5 Å². The summed E-state index contributed by atoms with van der Waals surface area (Å²) in [7, 11) is 0. The van der Waals surface area contributed by atoms with Crippen molar-refractivity contribution in [1.82, 2.24) is 10.2 Å². The lowest BCUT2D eigenvalue weighted by atomic mass is 9.90. The maximum Gasteiger partial charge on any atom is 0.325 e. The third-order valence-corrected chi connectivity index (χ3v) is 6.77. The number of carbonyl (C=O) groups is 3. The van der Waals surface area contributed by atoms with E-state index < -0.39 is 17.6 Å². The molecule has 2 N–H and O–H groups in total. The molecule has 7 heteroatoms. The molecule has 0 aromatic heterocycles. The molecule has 0 unspecified atom stereocenters. The number of imide groups is 1. The fourth-order valence-corrected chi connectivity index (χ4v) is 4.94. The van der Waals surface area contributed by atoms with E-state index in [0.29, 0.717) is 18.5 Å². The second-order valence-corrected chi connectivity index (χ2v) is 8.86. The Morgan fingerprint density at radius 2 is 1.57 bits per heavy atom. The van der Waals surface area contributed by atoms with Gasteiger partial charge in [-0.25, -0.2) is 9.69 Å². The van der Waals surface area contributed by atoms with Crippen LogP contribution in [0.25, 0.3) is 0 Å². The second-order valence-electron chi connectivity index (χ2n) is 8.86. The molecule has 1 atom stereocenters.